The van der Waals surface area contributed by atoms with Gasteiger partial charge in [-0.3, -0.25) is 4.79 Å². The number of anilines is 1. The van der Waals surface area contributed by atoms with Gasteiger partial charge < -0.3 is 9.80 Å². The molecular weight excluding hydrogens is 394 g/mol. The number of piperazine rings is 1. The van der Waals surface area contributed by atoms with Crippen LogP contribution in [-0.2, 0) is 0 Å². The van der Waals surface area contributed by atoms with Crippen molar-refractivity contribution in [1.29, 1.82) is 0 Å². The van der Waals surface area contributed by atoms with E-state index in [1.54, 1.807) is 16.0 Å². The van der Waals surface area contributed by atoms with Crippen LogP contribution >= 0.6 is 11.3 Å². The molecule has 4 heterocycles. The van der Waals surface area contributed by atoms with E-state index in [4.69, 9.17) is 5.10 Å². The second-order valence-electron chi connectivity index (χ2n) is 7.19. The number of carbonyl (C=O) groups excluding carboxylic acids is 1. The van der Waals surface area contributed by atoms with E-state index < -0.39 is 0 Å². The van der Waals surface area contributed by atoms with E-state index in [0.717, 1.165) is 29.3 Å². The minimum atomic E-state index is 0.0432. The zero-order valence-electron chi connectivity index (χ0n) is 16.4. The van der Waals surface area contributed by atoms with Crippen LogP contribution in [0.15, 0.2) is 78.6 Å². The van der Waals surface area contributed by atoms with Crippen LogP contribution in [0.3, 0.4) is 0 Å². The molecule has 1 aliphatic rings. The third-order valence-electron chi connectivity index (χ3n) is 5.35. The summed E-state index contributed by atoms with van der Waals surface area (Å²) in [6.07, 6.45) is 5.72. The number of hydrogen-bond donors (Lipinski definition) is 0. The molecule has 30 heavy (non-hydrogen) atoms. The monoisotopic (exact) mass is 416 g/mol. The third kappa shape index (κ3) is 3.59. The molecule has 1 amide bonds. The molecule has 6 nitrogen and oxygen atoms in total. The standard InChI is InChI=1S/C23H21N5OS/c29-23(27-14-12-26(13-15-27)18-8-10-24-11-9-18)20-17-28(19-5-2-1-3-6-19)25-22(20)21-7-4-16-30-21/h1-11,16-17H,12-15H2/p+1. The Labute approximate surface area is 179 Å². The fourth-order valence-electron chi connectivity index (χ4n) is 3.77. The molecule has 1 aliphatic heterocycles. The van der Waals surface area contributed by atoms with E-state index in [1.165, 1.54) is 5.69 Å². The van der Waals surface area contributed by atoms with Gasteiger partial charge in [-0.1, -0.05) is 24.3 Å². The number of H-pyrrole nitrogens is 1. The van der Waals surface area contributed by atoms with Gasteiger partial charge in [-0.2, -0.15) is 5.10 Å². The van der Waals surface area contributed by atoms with Crippen LogP contribution in [0, 0.1) is 0 Å². The van der Waals surface area contributed by atoms with Crippen molar-refractivity contribution in [1.82, 2.24) is 14.7 Å². The van der Waals surface area contributed by atoms with E-state index >= 15 is 0 Å². The van der Waals surface area contributed by atoms with Gasteiger partial charge in [0.15, 0.2) is 12.4 Å². The highest BCUT2D eigenvalue weighted by Gasteiger charge is 2.27. The molecule has 0 spiro atoms. The Morgan fingerprint density at radius 1 is 0.900 bits per heavy atom. The average molecular weight is 417 g/mol. The fraction of sp³-hybridized carbons (Fsp3) is 0.174. The molecular formula is C23H22N5OS+. The molecule has 4 aromatic rings. The maximum absolute atomic E-state index is 13.5. The number of rotatable bonds is 4. The first-order valence-electron chi connectivity index (χ1n) is 9.99. The van der Waals surface area contributed by atoms with E-state index in [2.05, 4.69) is 22.0 Å². The molecule has 1 saturated heterocycles. The second-order valence-corrected chi connectivity index (χ2v) is 8.13. The molecule has 0 saturated carbocycles. The predicted molar refractivity (Wildman–Crippen MR) is 118 cm³/mol. The van der Waals surface area contributed by atoms with Gasteiger partial charge in [-0.25, -0.2) is 9.67 Å². The maximum Gasteiger partial charge on any atom is 0.257 e. The molecule has 150 valence electrons. The summed E-state index contributed by atoms with van der Waals surface area (Å²) in [7, 11) is 0. The van der Waals surface area contributed by atoms with Crippen molar-refractivity contribution in [2.45, 2.75) is 0 Å². The Balaban J connectivity index is 1.41. The lowest BCUT2D eigenvalue weighted by molar-refractivity contribution is -0.377. The lowest BCUT2D eigenvalue weighted by Crippen LogP contribution is -2.48. The van der Waals surface area contributed by atoms with E-state index in [-0.39, 0.29) is 5.91 Å². The smallest absolute Gasteiger partial charge is 0.257 e. The minimum Gasteiger partial charge on any atom is -0.368 e. The van der Waals surface area contributed by atoms with Gasteiger partial charge in [0.05, 0.1) is 16.1 Å². The van der Waals surface area contributed by atoms with Crippen molar-refractivity contribution in [2.75, 3.05) is 31.1 Å². The SMILES string of the molecule is O=C(c1cn(-c2ccccc2)nc1-c1cccs1)N1CCN(c2cc[nH+]cc2)CC1. The highest BCUT2D eigenvalue weighted by atomic mass is 32.1. The number of nitrogens with zero attached hydrogens (tertiary/aromatic N) is 4. The molecule has 1 N–H and O–H groups in total. The molecule has 1 fully saturated rings. The van der Waals surface area contributed by atoms with Crippen molar-refractivity contribution in [3.8, 4) is 16.3 Å². The minimum absolute atomic E-state index is 0.0432. The second kappa shape index (κ2) is 8.12. The zero-order valence-corrected chi connectivity index (χ0v) is 17.3. The summed E-state index contributed by atoms with van der Waals surface area (Å²) in [6, 6.07) is 18.1. The van der Waals surface area contributed by atoms with Crippen molar-refractivity contribution in [2.24, 2.45) is 0 Å². The molecule has 0 radical (unpaired) electrons. The Bertz CT molecular complexity index is 1120. The Hall–Kier alpha value is -3.45. The number of hydrogen-bond acceptors (Lipinski definition) is 4. The lowest BCUT2D eigenvalue weighted by Gasteiger charge is -2.35. The number of thiophene rings is 1. The third-order valence-corrected chi connectivity index (χ3v) is 6.23. The van der Waals surface area contributed by atoms with E-state index in [1.807, 2.05) is 71.3 Å². The number of aromatic amines is 1. The quantitative estimate of drug-likeness (QED) is 0.513. The number of pyridine rings is 1. The normalized spacial score (nSPS) is 14.1. The van der Waals surface area contributed by atoms with Gasteiger partial charge in [0.2, 0.25) is 0 Å². The van der Waals surface area contributed by atoms with E-state index in [9.17, 15) is 4.79 Å². The number of aromatic nitrogens is 3. The first kappa shape index (κ1) is 18.6. The molecule has 0 unspecified atom stereocenters. The van der Waals surface area contributed by atoms with Gasteiger partial charge >= 0.3 is 0 Å². The molecule has 3 aromatic heterocycles. The highest BCUT2D eigenvalue weighted by Crippen LogP contribution is 2.29. The lowest BCUT2D eigenvalue weighted by atomic mass is 10.1. The van der Waals surface area contributed by atoms with E-state index in [0.29, 0.717) is 18.7 Å². The molecule has 0 atom stereocenters. The molecule has 7 heteroatoms. The molecule has 0 aliphatic carbocycles. The summed E-state index contributed by atoms with van der Waals surface area (Å²) in [5.74, 6) is 0.0432. The first-order chi connectivity index (χ1) is 14.8. The summed E-state index contributed by atoms with van der Waals surface area (Å²) in [5.41, 5.74) is 3.53. The zero-order chi connectivity index (χ0) is 20.3. The van der Waals surface area contributed by atoms with Crippen LogP contribution in [0.2, 0.25) is 0 Å². The van der Waals surface area contributed by atoms with Gasteiger partial charge in [0.1, 0.15) is 5.69 Å². The van der Waals surface area contributed by atoms with Crippen LogP contribution in [0.4, 0.5) is 5.69 Å². The van der Waals surface area contributed by atoms with Crippen LogP contribution in [0.1, 0.15) is 10.4 Å². The van der Waals surface area contributed by atoms with Gasteiger partial charge in [0, 0.05) is 50.2 Å². The maximum atomic E-state index is 13.5. The molecule has 5 rings (SSSR count). The van der Waals surface area contributed by atoms with Crippen molar-refractivity contribution in [3.05, 3.63) is 84.1 Å². The Morgan fingerprint density at radius 2 is 1.67 bits per heavy atom. The van der Waals surface area contributed by atoms with Crippen LogP contribution in [-0.4, -0.2) is 46.8 Å². The average Bonchev–Trinajstić information content (AvgIpc) is 3.50. The summed E-state index contributed by atoms with van der Waals surface area (Å²) in [6.45, 7) is 3.02. The van der Waals surface area contributed by atoms with Gasteiger partial charge in [-0.15, -0.1) is 11.3 Å². The predicted octanol–water partition coefficient (Wildman–Crippen LogP) is 3.38. The summed E-state index contributed by atoms with van der Waals surface area (Å²) < 4.78 is 1.80. The van der Waals surface area contributed by atoms with Crippen molar-refractivity contribution in [3.63, 3.8) is 0 Å². The Kier molecular flexibility index (Phi) is 5.03. The number of carbonyl (C=O) groups is 1. The Morgan fingerprint density at radius 3 is 2.37 bits per heavy atom. The van der Waals surface area contributed by atoms with Crippen molar-refractivity contribution >= 4 is 22.9 Å². The van der Waals surface area contributed by atoms with Gasteiger partial charge in [-0.05, 0) is 23.6 Å². The van der Waals surface area contributed by atoms with Crippen LogP contribution in [0.5, 0.6) is 0 Å². The molecule has 1 aromatic carbocycles. The number of nitrogens with one attached hydrogen (secondary N) is 1. The molecule has 0 bridgehead atoms. The van der Waals surface area contributed by atoms with Crippen molar-refractivity contribution < 1.29 is 9.78 Å². The summed E-state index contributed by atoms with van der Waals surface area (Å²) in [4.78, 5) is 21.8. The summed E-state index contributed by atoms with van der Waals surface area (Å²) in [5, 5.41) is 6.78. The number of benzene rings is 1. The largest absolute Gasteiger partial charge is 0.368 e. The van der Waals surface area contributed by atoms with Gasteiger partial charge in [0.25, 0.3) is 5.91 Å². The number of amides is 1. The fourth-order valence-corrected chi connectivity index (χ4v) is 4.49. The topological polar surface area (TPSA) is 55.5 Å². The van der Waals surface area contributed by atoms with Crippen LogP contribution in [0.25, 0.3) is 16.3 Å². The first-order valence-corrected chi connectivity index (χ1v) is 10.9. The summed E-state index contributed by atoms with van der Waals surface area (Å²) >= 11 is 1.60. The number of para-hydroxylation sites is 1. The van der Waals surface area contributed by atoms with Crippen LogP contribution < -0.4 is 9.88 Å². The highest BCUT2D eigenvalue weighted by molar-refractivity contribution is 7.13.